The lowest BCUT2D eigenvalue weighted by atomic mass is 10.4. The molecule has 0 spiro atoms. The fourth-order valence-corrected chi connectivity index (χ4v) is 1.04. The Bertz CT molecular complexity index is 286. The second-order valence-corrected chi connectivity index (χ2v) is 2.74. The van der Waals surface area contributed by atoms with Crippen molar-refractivity contribution in [3.05, 3.63) is 30.0 Å². The van der Waals surface area contributed by atoms with E-state index >= 15 is 0 Å². The van der Waals surface area contributed by atoms with E-state index < -0.39 is 0 Å². The van der Waals surface area contributed by atoms with Crippen LogP contribution in [-0.4, -0.2) is 10.8 Å². The Morgan fingerprint density at radius 2 is 2.25 bits per heavy atom. The summed E-state index contributed by atoms with van der Waals surface area (Å²) in [6, 6.07) is 2.06. The molecule has 0 amide bonds. The molecule has 2 heteroatoms. The summed E-state index contributed by atoms with van der Waals surface area (Å²) >= 11 is 0. The molecule has 0 N–H and O–H groups in total. The smallest absolute Gasteiger partial charge is 0.135 e. The topological polar surface area (TPSA) is 17.3 Å². The van der Waals surface area contributed by atoms with Gasteiger partial charge in [-0.3, -0.25) is 0 Å². The maximum absolute atomic E-state index is 4.31. The van der Waals surface area contributed by atoms with Gasteiger partial charge in [-0.1, -0.05) is 6.08 Å². The monoisotopic (exact) mass is 162 g/mol. The highest BCUT2D eigenvalue weighted by Gasteiger charge is 1.97. The van der Waals surface area contributed by atoms with Crippen molar-refractivity contribution in [1.29, 1.82) is 0 Å². The fourth-order valence-electron chi connectivity index (χ4n) is 1.04. The largest absolute Gasteiger partial charge is 0.336 e. The van der Waals surface area contributed by atoms with Crippen molar-refractivity contribution in [2.24, 2.45) is 12.0 Å². The van der Waals surface area contributed by atoms with E-state index in [0.717, 1.165) is 5.82 Å². The number of aromatic nitrogens is 1. The standard InChI is InChI=1S/C10H14N2/c1-4-5-7-11-10-9(2)6-8-12(10)3/h4-8H,1-3H3/b5-4-,11-7-. The number of aliphatic imine (C=N–C) groups is 1. The first kappa shape index (κ1) is 8.78. The molecule has 0 saturated carbocycles. The van der Waals surface area contributed by atoms with E-state index in [1.54, 1.807) is 0 Å². The maximum atomic E-state index is 4.31. The van der Waals surface area contributed by atoms with Crippen molar-refractivity contribution in [3.63, 3.8) is 0 Å². The molecule has 0 atom stereocenters. The van der Waals surface area contributed by atoms with E-state index in [1.165, 1.54) is 5.56 Å². The highest BCUT2D eigenvalue weighted by Crippen LogP contribution is 2.17. The molecule has 1 aromatic rings. The lowest BCUT2D eigenvalue weighted by molar-refractivity contribution is 0.923. The Morgan fingerprint density at radius 1 is 1.50 bits per heavy atom. The molecule has 12 heavy (non-hydrogen) atoms. The van der Waals surface area contributed by atoms with E-state index in [9.17, 15) is 0 Å². The first-order chi connectivity index (χ1) is 5.75. The highest BCUT2D eigenvalue weighted by atomic mass is 15.0. The molecule has 0 aliphatic carbocycles. The van der Waals surface area contributed by atoms with Crippen LogP contribution in [0.2, 0.25) is 0 Å². The third-order valence-corrected chi connectivity index (χ3v) is 1.71. The number of aryl methyl sites for hydroxylation is 2. The van der Waals surface area contributed by atoms with E-state index in [2.05, 4.69) is 18.0 Å². The van der Waals surface area contributed by atoms with E-state index in [1.807, 2.05) is 43.1 Å². The van der Waals surface area contributed by atoms with Crippen molar-refractivity contribution in [1.82, 2.24) is 4.57 Å². The van der Waals surface area contributed by atoms with Gasteiger partial charge >= 0.3 is 0 Å². The van der Waals surface area contributed by atoms with E-state index in [-0.39, 0.29) is 0 Å². The Kier molecular flexibility index (Phi) is 2.86. The summed E-state index contributed by atoms with van der Waals surface area (Å²) in [5.41, 5.74) is 1.21. The van der Waals surface area contributed by atoms with Gasteiger partial charge in [0.25, 0.3) is 0 Å². The first-order valence-corrected chi connectivity index (χ1v) is 4.03. The number of rotatable bonds is 2. The van der Waals surface area contributed by atoms with Crippen LogP contribution in [0.25, 0.3) is 0 Å². The van der Waals surface area contributed by atoms with Crippen molar-refractivity contribution in [3.8, 4) is 0 Å². The zero-order chi connectivity index (χ0) is 8.97. The lowest BCUT2D eigenvalue weighted by Crippen LogP contribution is -1.83. The van der Waals surface area contributed by atoms with Gasteiger partial charge < -0.3 is 4.57 Å². The molecule has 1 rings (SSSR count). The zero-order valence-electron chi connectivity index (χ0n) is 7.78. The molecule has 2 nitrogen and oxygen atoms in total. The molecule has 0 radical (unpaired) electrons. The third-order valence-electron chi connectivity index (χ3n) is 1.71. The molecule has 0 aliphatic heterocycles. The summed E-state index contributed by atoms with van der Waals surface area (Å²) in [5.74, 6) is 1.02. The molecule has 64 valence electrons. The summed E-state index contributed by atoms with van der Waals surface area (Å²) in [7, 11) is 2.00. The number of allylic oxidation sites excluding steroid dienone is 2. The average Bonchev–Trinajstić information content (AvgIpc) is 2.35. The second-order valence-electron chi connectivity index (χ2n) is 2.74. The van der Waals surface area contributed by atoms with Gasteiger partial charge in [-0.2, -0.15) is 0 Å². The Balaban J connectivity index is 2.87. The van der Waals surface area contributed by atoms with Crippen LogP contribution in [0.5, 0.6) is 0 Å². The molecule has 0 unspecified atom stereocenters. The molecular weight excluding hydrogens is 148 g/mol. The Morgan fingerprint density at radius 3 is 2.75 bits per heavy atom. The Hall–Kier alpha value is -1.31. The van der Waals surface area contributed by atoms with E-state index in [4.69, 9.17) is 0 Å². The van der Waals surface area contributed by atoms with Crippen molar-refractivity contribution in [2.45, 2.75) is 13.8 Å². The van der Waals surface area contributed by atoms with Crippen LogP contribution in [0.1, 0.15) is 12.5 Å². The van der Waals surface area contributed by atoms with Crippen LogP contribution in [0.4, 0.5) is 5.82 Å². The molecule has 0 saturated heterocycles. The van der Waals surface area contributed by atoms with Crippen LogP contribution in [0, 0.1) is 6.92 Å². The predicted molar refractivity (Wildman–Crippen MR) is 53.1 cm³/mol. The minimum atomic E-state index is 1.02. The first-order valence-electron chi connectivity index (χ1n) is 4.03. The minimum Gasteiger partial charge on any atom is -0.336 e. The summed E-state index contributed by atoms with van der Waals surface area (Å²) in [4.78, 5) is 4.31. The normalized spacial score (nSPS) is 11.9. The van der Waals surface area contributed by atoms with Gasteiger partial charge in [0.2, 0.25) is 0 Å². The van der Waals surface area contributed by atoms with Crippen LogP contribution in [0.15, 0.2) is 29.4 Å². The Labute approximate surface area is 73.2 Å². The molecule has 0 bridgehead atoms. The number of hydrogen-bond donors (Lipinski definition) is 0. The van der Waals surface area contributed by atoms with Gasteiger partial charge in [0.15, 0.2) is 0 Å². The van der Waals surface area contributed by atoms with Crippen molar-refractivity contribution >= 4 is 12.0 Å². The summed E-state index contributed by atoms with van der Waals surface area (Å²) < 4.78 is 2.01. The molecule has 0 aromatic carbocycles. The van der Waals surface area contributed by atoms with Crippen LogP contribution >= 0.6 is 0 Å². The maximum Gasteiger partial charge on any atom is 0.135 e. The lowest BCUT2D eigenvalue weighted by Gasteiger charge is -1.95. The van der Waals surface area contributed by atoms with Crippen LogP contribution < -0.4 is 0 Å². The van der Waals surface area contributed by atoms with Crippen molar-refractivity contribution < 1.29 is 0 Å². The summed E-state index contributed by atoms with van der Waals surface area (Å²) in [5, 5.41) is 0. The van der Waals surface area contributed by atoms with Gasteiger partial charge in [-0.25, -0.2) is 4.99 Å². The highest BCUT2D eigenvalue weighted by molar-refractivity contribution is 5.74. The molecule has 1 heterocycles. The SMILES string of the molecule is C/C=C\C=N/c1c(C)ccn1C. The molecule has 0 aliphatic rings. The summed E-state index contributed by atoms with van der Waals surface area (Å²) in [6.07, 6.45) is 7.70. The predicted octanol–water partition coefficient (Wildman–Crippen LogP) is 2.61. The van der Waals surface area contributed by atoms with E-state index in [0.29, 0.717) is 0 Å². The molecular formula is C10H14N2. The van der Waals surface area contributed by atoms with Gasteiger partial charge in [-0.05, 0) is 31.6 Å². The quantitative estimate of drug-likeness (QED) is 0.595. The van der Waals surface area contributed by atoms with Crippen molar-refractivity contribution in [2.75, 3.05) is 0 Å². The molecule has 1 aromatic heterocycles. The number of nitrogens with zero attached hydrogens (tertiary/aromatic N) is 2. The molecule has 0 fully saturated rings. The summed E-state index contributed by atoms with van der Waals surface area (Å²) in [6.45, 7) is 4.03. The third kappa shape index (κ3) is 1.84. The van der Waals surface area contributed by atoms with Gasteiger partial charge in [0.05, 0.1) is 0 Å². The van der Waals surface area contributed by atoms with Gasteiger partial charge in [-0.15, -0.1) is 0 Å². The van der Waals surface area contributed by atoms with Crippen LogP contribution in [0.3, 0.4) is 0 Å². The fraction of sp³-hybridized carbons (Fsp3) is 0.300. The zero-order valence-corrected chi connectivity index (χ0v) is 7.78. The average molecular weight is 162 g/mol. The number of hydrogen-bond acceptors (Lipinski definition) is 1. The minimum absolute atomic E-state index is 1.02. The second kappa shape index (κ2) is 3.90. The van der Waals surface area contributed by atoms with Gasteiger partial charge in [0.1, 0.15) is 5.82 Å². The van der Waals surface area contributed by atoms with Gasteiger partial charge in [0, 0.05) is 19.5 Å². The van der Waals surface area contributed by atoms with Crippen LogP contribution in [-0.2, 0) is 7.05 Å².